The normalized spacial score (nSPS) is 15.4. The van der Waals surface area contributed by atoms with Gasteiger partial charge in [-0.25, -0.2) is 0 Å². The molecular formula is C19H31N3OS. The van der Waals surface area contributed by atoms with Crippen LogP contribution in [0.4, 0.5) is 5.69 Å². The largest absolute Gasteiger partial charge is 0.330 e. The number of thioether (sulfide) groups is 1. The van der Waals surface area contributed by atoms with Crippen LogP contribution in [0, 0.1) is 0 Å². The number of amides is 1. The van der Waals surface area contributed by atoms with E-state index in [2.05, 4.69) is 22.3 Å². The number of carbonyl (C=O) groups excluding carboxylic acids is 1. The first-order valence-corrected chi connectivity index (χ1v) is 10.3. The molecule has 1 saturated heterocycles. The molecule has 1 heterocycles. The lowest BCUT2D eigenvalue weighted by molar-refractivity contribution is -0.116. The van der Waals surface area contributed by atoms with Crippen molar-refractivity contribution in [2.75, 3.05) is 43.0 Å². The Morgan fingerprint density at radius 1 is 1.08 bits per heavy atom. The molecule has 3 N–H and O–H groups in total. The summed E-state index contributed by atoms with van der Waals surface area (Å²) < 4.78 is 0. The van der Waals surface area contributed by atoms with Crippen LogP contribution in [0.25, 0.3) is 0 Å². The van der Waals surface area contributed by atoms with Gasteiger partial charge in [-0.3, -0.25) is 4.79 Å². The lowest BCUT2D eigenvalue weighted by Crippen LogP contribution is -2.34. The van der Waals surface area contributed by atoms with Crippen LogP contribution in [0.1, 0.15) is 37.7 Å². The third-order valence-corrected chi connectivity index (χ3v) is 5.36. The van der Waals surface area contributed by atoms with Gasteiger partial charge < -0.3 is 16.0 Å². The Morgan fingerprint density at radius 2 is 1.79 bits per heavy atom. The minimum atomic E-state index is 0.112. The van der Waals surface area contributed by atoms with Crippen molar-refractivity contribution in [3.8, 4) is 0 Å². The predicted octanol–water partition coefficient (Wildman–Crippen LogP) is 3.13. The number of rotatable bonds is 10. The molecule has 0 bridgehead atoms. The van der Waals surface area contributed by atoms with Gasteiger partial charge >= 0.3 is 0 Å². The van der Waals surface area contributed by atoms with Gasteiger partial charge in [-0.1, -0.05) is 25.0 Å². The van der Waals surface area contributed by atoms with Crippen LogP contribution in [0.2, 0.25) is 0 Å². The van der Waals surface area contributed by atoms with Gasteiger partial charge in [-0.15, -0.1) is 0 Å². The third-order valence-electron chi connectivity index (χ3n) is 4.42. The highest BCUT2D eigenvalue weighted by atomic mass is 32.2. The molecule has 134 valence electrons. The number of anilines is 1. The number of unbranched alkanes of at least 4 members (excludes halogenated alkanes) is 3. The summed E-state index contributed by atoms with van der Waals surface area (Å²) >= 11 is 2.05. The minimum Gasteiger partial charge on any atom is -0.330 e. The van der Waals surface area contributed by atoms with Crippen molar-refractivity contribution in [3.63, 3.8) is 0 Å². The molecular weight excluding hydrogens is 318 g/mol. The highest BCUT2D eigenvalue weighted by Crippen LogP contribution is 2.13. The van der Waals surface area contributed by atoms with E-state index in [1.807, 2.05) is 23.9 Å². The number of hydrogen-bond donors (Lipinski definition) is 2. The molecule has 1 fully saturated rings. The topological polar surface area (TPSA) is 58.4 Å². The Kier molecular flexibility index (Phi) is 9.24. The van der Waals surface area contributed by atoms with Gasteiger partial charge in [0.2, 0.25) is 5.91 Å². The van der Waals surface area contributed by atoms with E-state index in [0.29, 0.717) is 6.42 Å². The molecule has 1 aromatic carbocycles. The van der Waals surface area contributed by atoms with Crippen LogP contribution in [0.15, 0.2) is 24.3 Å². The molecule has 4 nitrogen and oxygen atoms in total. The van der Waals surface area contributed by atoms with E-state index >= 15 is 0 Å². The Morgan fingerprint density at radius 3 is 2.50 bits per heavy atom. The van der Waals surface area contributed by atoms with Crippen molar-refractivity contribution in [3.05, 3.63) is 29.8 Å². The standard InChI is InChI=1S/C19H31N3OS/c20-11-4-2-1-3-5-19(23)21-18-8-6-17(7-9-18)10-12-22-13-15-24-16-14-22/h6-9H,1-5,10-16,20H2,(H,21,23). The average molecular weight is 350 g/mol. The van der Waals surface area contributed by atoms with Crippen molar-refractivity contribution < 1.29 is 4.79 Å². The van der Waals surface area contributed by atoms with Crippen LogP contribution in [0.3, 0.4) is 0 Å². The minimum absolute atomic E-state index is 0.112. The lowest BCUT2D eigenvalue weighted by Gasteiger charge is -2.26. The summed E-state index contributed by atoms with van der Waals surface area (Å²) in [6, 6.07) is 8.31. The monoisotopic (exact) mass is 349 g/mol. The van der Waals surface area contributed by atoms with Crippen LogP contribution in [0.5, 0.6) is 0 Å². The number of nitrogens with two attached hydrogens (primary N) is 1. The van der Waals surface area contributed by atoms with E-state index in [1.165, 1.54) is 30.2 Å². The summed E-state index contributed by atoms with van der Waals surface area (Å²) in [5.41, 5.74) is 7.71. The van der Waals surface area contributed by atoms with Gasteiger partial charge in [0.05, 0.1) is 0 Å². The molecule has 0 unspecified atom stereocenters. The molecule has 2 rings (SSSR count). The first kappa shape index (κ1) is 19.3. The number of carbonyl (C=O) groups is 1. The van der Waals surface area contributed by atoms with Crippen LogP contribution >= 0.6 is 11.8 Å². The molecule has 1 amide bonds. The quantitative estimate of drug-likeness (QED) is 0.637. The Balaban J connectivity index is 1.64. The summed E-state index contributed by atoms with van der Waals surface area (Å²) in [5.74, 6) is 2.63. The summed E-state index contributed by atoms with van der Waals surface area (Å²) in [5, 5.41) is 2.99. The number of nitrogens with one attached hydrogen (secondary N) is 1. The fourth-order valence-electron chi connectivity index (χ4n) is 2.87. The van der Waals surface area contributed by atoms with Crippen molar-refractivity contribution in [2.45, 2.75) is 38.5 Å². The zero-order valence-electron chi connectivity index (χ0n) is 14.6. The Hall–Kier alpha value is -1.04. The van der Waals surface area contributed by atoms with Crippen LogP contribution < -0.4 is 11.1 Å². The molecule has 24 heavy (non-hydrogen) atoms. The second-order valence-electron chi connectivity index (χ2n) is 6.40. The number of benzene rings is 1. The van der Waals surface area contributed by atoms with E-state index in [0.717, 1.165) is 50.9 Å². The first-order chi connectivity index (χ1) is 11.8. The zero-order chi connectivity index (χ0) is 17.0. The Bertz CT molecular complexity index is 472. The second kappa shape index (κ2) is 11.5. The summed E-state index contributed by atoms with van der Waals surface area (Å²) in [6.07, 6.45) is 5.88. The molecule has 0 saturated carbocycles. The van der Waals surface area contributed by atoms with Gasteiger partial charge in [0.1, 0.15) is 0 Å². The van der Waals surface area contributed by atoms with Crippen LogP contribution in [-0.2, 0) is 11.2 Å². The fourth-order valence-corrected chi connectivity index (χ4v) is 3.85. The van der Waals surface area contributed by atoms with Crippen LogP contribution in [-0.4, -0.2) is 48.5 Å². The summed E-state index contributed by atoms with van der Waals surface area (Å²) in [4.78, 5) is 14.5. The van der Waals surface area contributed by atoms with E-state index in [9.17, 15) is 4.79 Å². The molecule has 0 aliphatic carbocycles. The smallest absolute Gasteiger partial charge is 0.224 e. The third kappa shape index (κ3) is 7.69. The maximum atomic E-state index is 11.9. The average Bonchev–Trinajstić information content (AvgIpc) is 2.62. The second-order valence-corrected chi connectivity index (χ2v) is 7.63. The lowest BCUT2D eigenvalue weighted by atomic mass is 10.1. The molecule has 0 aromatic heterocycles. The SMILES string of the molecule is NCCCCCCC(=O)Nc1ccc(CCN2CCSCC2)cc1. The maximum Gasteiger partial charge on any atom is 0.224 e. The van der Waals surface area contributed by atoms with Crippen molar-refractivity contribution in [1.29, 1.82) is 0 Å². The fraction of sp³-hybridized carbons (Fsp3) is 0.632. The van der Waals surface area contributed by atoms with E-state index in [4.69, 9.17) is 5.73 Å². The highest BCUT2D eigenvalue weighted by Gasteiger charge is 2.09. The van der Waals surface area contributed by atoms with Gasteiger partial charge in [-0.05, 0) is 43.5 Å². The molecule has 5 heteroatoms. The van der Waals surface area contributed by atoms with Gasteiger partial charge in [0, 0.05) is 43.2 Å². The molecule has 1 aliphatic heterocycles. The molecule has 0 spiro atoms. The number of nitrogens with zero attached hydrogens (tertiary/aromatic N) is 1. The van der Waals surface area contributed by atoms with Crippen molar-refractivity contribution in [1.82, 2.24) is 4.90 Å². The van der Waals surface area contributed by atoms with Gasteiger partial charge in [-0.2, -0.15) is 11.8 Å². The maximum absolute atomic E-state index is 11.9. The van der Waals surface area contributed by atoms with Crippen molar-refractivity contribution in [2.24, 2.45) is 5.73 Å². The van der Waals surface area contributed by atoms with E-state index < -0.39 is 0 Å². The predicted molar refractivity (Wildman–Crippen MR) is 105 cm³/mol. The number of hydrogen-bond acceptors (Lipinski definition) is 4. The summed E-state index contributed by atoms with van der Waals surface area (Å²) in [7, 11) is 0. The van der Waals surface area contributed by atoms with Gasteiger partial charge in [0.15, 0.2) is 0 Å². The van der Waals surface area contributed by atoms with E-state index in [1.54, 1.807) is 0 Å². The molecule has 0 radical (unpaired) electrons. The van der Waals surface area contributed by atoms with Crippen molar-refractivity contribution >= 4 is 23.4 Å². The first-order valence-electron chi connectivity index (χ1n) is 9.17. The van der Waals surface area contributed by atoms with Gasteiger partial charge in [0.25, 0.3) is 0 Å². The Labute approximate surface area is 150 Å². The molecule has 0 atom stereocenters. The molecule has 1 aliphatic rings. The zero-order valence-corrected chi connectivity index (χ0v) is 15.5. The molecule has 1 aromatic rings. The summed E-state index contributed by atoms with van der Waals surface area (Å²) in [6.45, 7) is 4.30. The van der Waals surface area contributed by atoms with E-state index in [-0.39, 0.29) is 5.91 Å². The highest BCUT2D eigenvalue weighted by molar-refractivity contribution is 7.99.